The van der Waals surface area contributed by atoms with Crippen molar-refractivity contribution in [2.45, 2.75) is 6.92 Å². The fourth-order valence-corrected chi connectivity index (χ4v) is 1.67. The summed E-state index contributed by atoms with van der Waals surface area (Å²) in [6.07, 6.45) is 4.34. The van der Waals surface area contributed by atoms with Gasteiger partial charge in [0.15, 0.2) is 11.5 Å². The van der Waals surface area contributed by atoms with Gasteiger partial charge in [0.25, 0.3) is 5.89 Å². The Morgan fingerprint density at radius 1 is 1.40 bits per heavy atom. The van der Waals surface area contributed by atoms with Gasteiger partial charge in [0.05, 0.1) is 0 Å². The third kappa shape index (κ3) is 2.14. The predicted octanol–water partition coefficient (Wildman–Crippen LogP) is 1.32. The molecule has 0 saturated heterocycles. The highest BCUT2D eigenvalue weighted by Gasteiger charge is 2.11. The normalized spacial score (nSPS) is 10.7. The second kappa shape index (κ2) is 4.57. The molecule has 0 unspecified atom stereocenters. The van der Waals surface area contributed by atoms with Gasteiger partial charge in [0.1, 0.15) is 12.1 Å². The van der Waals surface area contributed by atoms with Crippen molar-refractivity contribution in [1.82, 2.24) is 24.7 Å². The Balaban J connectivity index is 2.00. The van der Waals surface area contributed by atoms with Gasteiger partial charge in [-0.1, -0.05) is 5.16 Å². The van der Waals surface area contributed by atoms with Gasteiger partial charge in [-0.25, -0.2) is 14.8 Å². The summed E-state index contributed by atoms with van der Waals surface area (Å²) < 4.78 is 6.59. The van der Waals surface area contributed by atoms with E-state index in [2.05, 4.69) is 20.1 Å². The SMILES string of the molecule is Cc1noc(-c2ccnc(-n3cnc(C(=O)O)c3)c2)n1. The molecule has 0 spiro atoms. The van der Waals surface area contributed by atoms with Crippen LogP contribution >= 0.6 is 0 Å². The fraction of sp³-hybridized carbons (Fsp3) is 0.0833. The minimum atomic E-state index is -1.09. The van der Waals surface area contributed by atoms with Crippen LogP contribution in [-0.4, -0.2) is 35.8 Å². The average Bonchev–Trinajstić information content (AvgIpc) is 3.07. The Labute approximate surface area is 112 Å². The van der Waals surface area contributed by atoms with Gasteiger partial charge in [-0.15, -0.1) is 0 Å². The molecule has 0 atom stereocenters. The highest BCUT2D eigenvalue weighted by atomic mass is 16.5. The van der Waals surface area contributed by atoms with Crippen LogP contribution in [0.5, 0.6) is 0 Å². The number of aryl methyl sites for hydroxylation is 1. The topological polar surface area (TPSA) is 107 Å². The summed E-state index contributed by atoms with van der Waals surface area (Å²) in [7, 11) is 0. The van der Waals surface area contributed by atoms with Crippen LogP contribution in [0.2, 0.25) is 0 Å². The van der Waals surface area contributed by atoms with Gasteiger partial charge < -0.3 is 9.63 Å². The largest absolute Gasteiger partial charge is 0.476 e. The van der Waals surface area contributed by atoms with Gasteiger partial charge >= 0.3 is 5.97 Å². The van der Waals surface area contributed by atoms with Crippen LogP contribution in [-0.2, 0) is 0 Å². The quantitative estimate of drug-likeness (QED) is 0.765. The van der Waals surface area contributed by atoms with Crippen LogP contribution < -0.4 is 0 Å². The van der Waals surface area contributed by atoms with Crippen molar-refractivity contribution in [3.63, 3.8) is 0 Å². The first-order valence-electron chi connectivity index (χ1n) is 5.68. The zero-order valence-electron chi connectivity index (χ0n) is 10.4. The number of imidazole rings is 1. The second-order valence-electron chi connectivity index (χ2n) is 4.02. The van der Waals surface area contributed by atoms with E-state index in [-0.39, 0.29) is 5.69 Å². The molecule has 0 saturated carbocycles. The molecule has 0 aliphatic carbocycles. The predicted molar refractivity (Wildman–Crippen MR) is 66.3 cm³/mol. The van der Waals surface area contributed by atoms with Crippen LogP contribution in [0.4, 0.5) is 0 Å². The standard InChI is InChI=1S/C12H9N5O3/c1-7-15-11(20-16-7)8-2-3-13-10(4-8)17-5-9(12(18)19)14-6-17/h2-6H,1H3,(H,18,19). The number of pyridine rings is 1. The van der Waals surface area contributed by atoms with E-state index in [1.807, 2.05) is 0 Å². The Morgan fingerprint density at radius 3 is 2.90 bits per heavy atom. The van der Waals surface area contributed by atoms with Crippen LogP contribution in [0.1, 0.15) is 16.3 Å². The first-order valence-corrected chi connectivity index (χ1v) is 5.68. The van der Waals surface area contributed by atoms with Gasteiger partial charge in [0.2, 0.25) is 0 Å². The molecule has 0 aliphatic heterocycles. The summed E-state index contributed by atoms with van der Waals surface area (Å²) in [5.41, 5.74) is 0.645. The second-order valence-corrected chi connectivity index (χ2v) is 4.02. The van der Waals surface area contributed by atoms with E-state index in [1.54, 1.807) is 25.3 Å². The smallest absolute Gasteiger partial charge is 0.356 e. The lowest BCUT2D eigenvalue weighted by Gasteiger charge is -2.01. The van der Waals surface area contributed by atoms with E-state index in [4.69, 9.17) is 9.63 Å². The number of aromatic carboxylic acids is 1. The lowest BCUT2D eigenvalue weighted by Crippen LogP contribution is -1.97. The number of carboxylic acid groups (broad SMARTS) is 1. The number of hydrogen-bond acceptors (Lipinski definition) is 6. The molecule has 0 aliphatic rings. The minimum absolute atomic E-state index is 0.0502. The van der Waals surface area contributed by atoms with Gasteiger partial charge in [-0.05, 0) is 19.1 Å². The van der Waals surface area contributed by atoms with Crippen LogP contribution in [0, 0.1) is 6.92 Å². The number of hydrogen-bond donors (Lipinski definition) is 1. The molecule has 8 heteroatoms. The lowest BCUT2D eigenvalue weighted by atomic mass is 10.2. The third-order valence-corrected chi connectivity index (χ3v) is 2.59. The van der Waals surface area contributed by atoms with E-state index < -0.39 is 5.97 Å². The molecule has 3 aromatic heterocycles. The maximum absolute atomic E-state index is 10.8. The minimum Gasteiger partial charge on any atom is -0.476 e. The molecule has 3 aromatic rings. The zero-order valence-corrected chi connectivity index (χ0v) is 10.4. The Kier molecular flexibility index (Phi) is 2.75. The summed E-state index contributed by atoms with van der Waals surface area (Å²) in [6.45, 7) is 1.73. The summed E-state index contributed by atoms with van der Waals surface area (Å²) >= 11 is 0. The molecule has 20 heavy (non-hydrogen) atoms. The highest BCUT2D eigenvalue weighted by Crippen LogP contribution is 2.18. The van der Waals surface area contributed by atoms with Crippen LogP contribution in [0.15, 0.2) is 35.4 Å². The molecule has 8 nitrogen and oxygen atoms in total. The first-order chi connectivity index (χ1) is 9.63. The maximum Gasteiger partial charge on any atom is 0.356 e. The molecule has 3 heterocycles. The molecule has 0 bridgehead atoms. The molecule has 0 fully saturated rings. The summed E-state index contributed by atoms with van der Waals surface area (Å²) in [4.78, 5) is 22.9. The van der Waals surface area contributed by atoms with Crippen molar-refractivity contribution in [2.24, 2.45) is 0 Å². The van der Waals surface area contributed by atoms with Crippen molar-refractivity contribution >= 4 is 5.97 Å². The summed E-state index contributed by atoms with van der Waals surface area (Å²) in [5, 5.41) is 12.6. The molecule has 1 N–H and O–H groups in total. The first kappa shape index (κ1) is 12.0. The van der Waals surface area contributed by atoms with Crippen LogP contribution in [0.3, 0.4) is 0 Å². The summed E-state index contributed by atoms with van der Waals surface area (Å²) in [5.74, 6) is 0.338. The van der Waals surface area contributed by atoms with Crippen molar-refractivity contribution in [1.29, 1.82) is 0 Å². The van der Waals surface area contributed by atoms with E-state index in [0.717, 1.165) is 0 Å². The van der Waals surface area contributed by atoms with E-state index in [0.29, 0.717) is 23.1 Å². The molecule has 100 valence electrons. The number of carboxylic acids is 1. The van der Waals surface area contributed by atoms with Gasteiger partial charge in [-0.3, -0.25) is 4.57 Å². The molecular formula is C12H9N5O3. The van der Waals surface area contributed by atoms with Gasteiger partial charge in [0, 0.05) is 18.0 Å². The van der Waals surface area contributed by atoms with E-state index >= 15 is 0 Å². The molecule has 0 aromatic carbocycles. The number of carbonyl (C=O) groups is 1. The van der Waals surface area contributed by atoms with E-state index in [1.165, 1.54) is 17.1 Å². The van der Waals surface area contributed by atoms with Crippen molar-refractivity contribution < 1.29 is 14.4 Å². The van der Waals surface area contributed by atoms with E-state index in [9.17, 15) is 4.79 Å². The lowest BCUT2D eigenvalue weighted by molar-refractivity contribution is 0.0691. The molecule has 3 rings (SSSR count). The fourth-order valence-electron chi connectivity index (χ4n) is 1.67. The van der Waals surface area contributed by atoms with Crippen LogP contribution in [0.25, 0.3) is 17.3 Å². The Bertz CT molecular complexity index is 777. The van der Waals surface area contributed by atoms with Crippen molar-refractivity contribution in [2.75, 3.05) is 0 Å². The number of rotatable bonds is 3. The summed E-state index contributed by atoms with van der Waals surface area (Å²) in [6, 6.07) is 3.44. The maximum atomic E-state index is 10.8. The molecular weight excluding hydrogens is 262 g/mol. The monoisotopic (exact) mass is 271 g/mol. The number of nitrogens with zero attached hydrogens (tertiary/aromatic N) is 5. The third-order valence-electron chi connectivity index (χ3n) is 2.59. The Morgan fingerprint density at radius 2 is 2.25 bits per heavy atom. The molecule has 0 radical (unpaired) electrons. The van der Waals surface area contributed by atoms with Crippen molar-refractivity contribution in [3.05, 3.63) is 42.4 Å². The average molecular weight is 271 g/mol. The van der Waals surface area contributed by atoms with Crippen molar-refractivity contribution in [3.8, 4) is 17.3 Å². The number of aromatic nitrogens is 5. The molecule has 0 amide bonds. The highest BCUT2D eigenvalue weighted by molar-refractivity contribution is 5.85. The Hall–Kier alpha value is -3.03. The zero-order chi connectivity index (χ0) is 14.1. The van der Waals surface area contributed by atoms with Gasteiger partial charge in [-0.2, -0.15) is 4.98 Å².